The molecule has 0 bridgehead atoms. The standard InChI is InChI=1S/C20H17BrN2O2S/c21-15-7-6-14-8-9-23(18(14)10-15)20(24)11-16-13-26-19(22-16)12-25-17-4-2-1-3-5-17/h1-7,10,13H,8-9,11-12H2. The number of anilines is 1. The van der Waals surface area contributed by atoms with Crippen molar-refractivity contribution in [2.75, 3.05) is 11.4 Å². The van der Waals surface area contributed by atoms with Crippen LogP contribution < -0.4 is 9.64 Å². The second-order valence-electron chi connectivity index (χ2n) is 6.08. The second-order valence-corrected chi connectivity index (χ2v) is 7.94. The number of hydrogen-bond donors (Lipinski definition) is 0. The van der Waals surface area contributed by atoms with Crippen LogP contribution >= 0.6 is 27.3 Å². The maximum atomic E-state index is 12.7. The molecule has 132 valence electrons. The fourth-order valence-corrected chi connectivity index (χ4v) is 4.07. The Kier molecular flexibility index (Phi) is 5.04. The Hall–Kier alpha value is -2.18. The van der Waals surface area contributed by atoms with Crippen LogP contribution in [-0.2, 0) is 24.2 Å². The van der Waals surface area contributed by atoms with Gasteiger partial charge in [-0.2, -0.15) is 0 Å². The topological polar surface area (TPSA) is 42.4 Å². The van der Waals surface area contributed by atoms with Gasteiger partial charge in [-0.1, -0.05) is 40.2 Å². The smallest absolute Gasteiger partial charge is 0.233 e. The first-order valence-corrected chi connectivity index (χ1v) is 10.1. The van der Waals surface area contributed by atoms with E-state index in [0.717, 1.165) is 39.6 Å². The van der Waals surface area contributed by atoms with E-state index in [-0.39, 0.29) is 5.91 Å². The largest absolute Gasteiger partial charge is 0.486 e. The van der Waals surface area contributed by atoms with Crippen molar-refractivity contribution in [3.63, 3.8) is 0 Å². The van der Waals surface area contributed by atoms with E-state index in [1.54, 1.807) is 0 Å². The Morgan fingerprint density at radius 1 is 1.23 bits per heavy atom. The molecular formula is C20H17BrN2O2S. The minimum Gasteiger partial charge on any atom is -0.486 e. The highest BCUT2D eigenvalue weighted by atomic mass is 79.9. The molecule has 4 nitrogen and oxygen atoms in total. The normalized spacial score (nSPS) is 12.9. The van der Waals surface area contributed by atoms with Crippen molar-refractivity contribution in [2.24, 2.45) is 0 Å². The molecule has 2 heterocycles. The van der Waals surface area contributed by atoms with Crippen LogP contribution in [0.25, 0.3) is 0 Å². The molecule has 3 aromatic rings. The molecule has 4 rings (SSSR count). The summed E-state index contributed by atoms with van der Waals surface area (Å²) in [5.41, 5.74) is 3.03. The number of carbonyl (C=O) groups is 1. The highest BCUT2D eigenvalue weighted by molar-refractivity contribution is 9.10. The zero-order valence-electron chi connectivity index (χ0n) is 14.0. The fraction of sp³-hybridized carbons (Fsp3) is 0.200. The summed E-state index contributed by atoms with van der Waals surface area (Å²) in [5, 5.41) is 2.82. The summed E-state index contributed by atoms with van der Waals surface area (Å²) < 4.78 is 6.71. The Balaban J connectivity index is 1.39. The maximum Gasteiger partial charge on any atom is 0.233 e. The first-order valence-electron chi connectivity index (χ1n) is 8.39. The third-order valence-corrected chi connectivity index (χ3v) is 5.65. The molecule has 1 aliphatic rings. The number of thiazole rings is 1. The molecule has 0 atom stereocenters. The van der Waals surface area contributed by atoms with Crippen LogP contribution in [0.3, 0.4) is 0 Å². The summed E-state index contributed by atoms with van der Waals surface area (Å²) >= 11 is 5.01. The van der Waals surface area contributed by atoms with Crippen LogP contribution in [0.1, 0.15) is 16.3 Å². The van der Waals surface area contributed by atoms with Gasteiger partial charge in [-0.15, -0.1) is 11.3 Å². The molecule has 0 saturated heterocycles. The quantitative estimate of drug-likeness (QED) is 0.595. The molecule has 1 aromatic heterocycles. The van der Waals surface area contributed by atoms with Crippen molar-refractivity contribution in [2.45, 2.75) is 19.4 Å². The molecule has 0 saturated carbocycles. The van der Waals surface area contributed by atoms with Gasteiger partial charge in [-0.25, -0.2) is 4.98 Å². The molecule has 26 heavy (non-hydrogen) atoms. The summed E-state index contributed by atoms with van der Waals surface area (Å²) in [7, 11) is 0. The fourth-order valence-electron chi connectivity index (χ4n) is 3.02. The number of nitrogens with zero attached hydrogens (tertiary/aromatic N) is 2. The minimum absolute atomic E-state index is 0.0858. The van der Waals surface area contributed by atoms with Gasteiger partial charge in [0.05, 0.1) is 12.1 Å². The number of halogens is 1. The molecule has 0 radical (unpaired) electrons. The Morgan fingerprint density at radius 2 is 2.08 bits per heavy atom. The number of aromatic nitrogens is 1. The number of hydrogen-bond acceptors (Lipinski definition) is 4. The summed E-state index contributed by atoms with van der Waals surface area (Å²) in [6.45, 7) is 1.15. The zero-order valence-corrected chi connectivity index (χ0v) is 16.4. The maximum absolute atomic E-state index is 12.7. The monoisotopic (exact) mass is 428 g/mol. The van der Waals surface area contributed by atoms with Gasteiger partial charge in [0.2, 0.25) is 5.91 Å². The number of ether oxygens (including phenoxy) is 1. The Morgan fingerprint density at radius 3 is 2.92 bits per heavy atom. The van der Waals surface area contributed by atoms with Crippen molar-refractivity contribution in [3.8, 4) is 5.75 Å². The van der Waals surface area contributed by atoms with E-state index in [4.69, 9.17) is 4.74 Å². The number of fused-ring (bicyclic) bond motifs is 1. The minimum atomic E-state index is 0.0858. The van der Waals surface area contributed by atoms with Gasteiger partial charge in [-0.05, 0) is 36.2 Å². The SMILES string of the molecule is O=C(Cc1csc(COc2ccccc2)n1)N1CCc2ccc(Br)cc21. The van der Waals surface area contributed by atoms with E-state index in [1.807, 2.05) is 52.7 Å². The summed E-state index contributed by atoms with van der Waals surface area (Å²) in [6.07, 6.45) is 1.22. The summed E-state index contributed by atoms with van der Waals surface area (Å²) in [5.74, 6) is 0.905. The van der Waals surface area contributed by atoms with Crippen molar-refractivity contribution < 1.29 is 9.53 Å². The summed E-state index contributed by atoms with van der Waals surface area (Å²) in [6, 6.07) is 15.8. The average Bonchev–Trinajstić information content (AvgIpc) is 3.27. The van der Waals surface area contributed by atoms with Gasteiger partial charge in [-0.3, -0.25) is 4.79 Å². The number of amides is 1. The average molecular weight is 429 g/mol. The molecule has 0 N–H and O–H groups in total. The predicted octanol–water partition coefficient (Wildman–Crippen LogP) is 4.62. The predicted molar refractivity (Wildman–Crippen MR) is 107 cm³/mol. The third kappa shape index (κ3) is 3.81. The van der Waals surface area contributed by atoms with E-state index in [2.05, 4.69) is 27.0 Å². The molecule has 0 unspecified atom stereocenters. The van der Waals surface area contributed by atoms with Crippen LogP contribution in [0.5, 0.6) is 5.75 Å². The molecule has 0 aliphatic carbocycles. The van der Waals surface area contributed by atoms with E-state index >= 15 is 0 Å². The first-order chi connectivity index (χ1) is 12.7. The van der Waals surface area contributed by atoms with Crippen molar-refractivity contribution in [3.05, 3.63) is 74.6 Å². The Labute approximate surface area is 164 Å². The van der Waals surface area contributed by atoms with E-state index in [1.165, 1.54) is 16.9 Å². The molecule has 6 heteroatoms. The van der Waals surface area contributed by atoms with Gasteiger partial charge in [0.1, 0.15) is 17.4 Å². The van der Waals surface area contributed by atoms with Gasteiger partial charge >= 0.3 is 0 Å². The number of benzene rings is 2. The lowest BCUT2D eigenvalue weighted by molar-refractivity contribution is -0.117. The van der Waals surface area contributed by atoms with Crippen LogP contribution in [0.4, 0.5) is 5.69 Å². The zero-order chi connectivity index (χ0) is 17.9. The van der Waals surface area contributed by atoms with E-state index < -0.39 is 0 Å². The second kappa shape index (κ2) is 7.60. The lowest BCUT2D eigenvalue weighted by Gasteiger charge is -2.17. The molecule has 0 spiro atoms. The highest BCUT2D eigenvalue weighted by Gasteiger charge is 2.25. The van der Waals surface area contributed by atoms with Crippen molar-refractivity contribution in [1.82, 2.24) is 4.98 Å². The first kappa shape index (κ1) is 17.2. The van der Waals surface area contributed by atoms with Crippen molar-refractivity contribution >= 4 is 38.9 Å². The third-order valence-electron chi connectivity index (χ3n) is 4.28. The lowest BCUT2D eigenvalue weighted by Crippen LogP contribution is -2.30. The van der Waals surface area contributed by atoms with Crippen LogP contribution in [0.15, 0.2) is 58.4 Å². The summed E-state index contributed by atoms with van der Waals surface area (Å²) in [4.78, 5) is 19.1. The Bertz CT molecular complexity index is 927. The number of rotatable bonds is 5. The van der Waals surface area contributed by atoms with E-state index in [9.17, 15) is 4.79 Å². The molecule has 1 amide bonds. The van der Waals surface area contributed by atoms with Crippen LogP contribution in [-0.4, -0.2) is 17.4 Å². The number of para-hydroxylation sites is 1. The van der Waals surface area contributed by atoms with Gasteiger partial charge < -0.3 is 9.64 Å². The van der Waals surface area contributed by atoms with Crippen LogP contribution in [0.2, 0.25) is 0 Å². The molecule has 1 aliphatic heterocycles. The van der Waals surface area contributed by atoms with Gasteiger partial charge in [0.15, 0.2) is 0 Å². The van der Waals surface area contributed by atoms with Crippen LogP contribution in [0, 0.1) is 0 Å². The molecular weight excluding hydrogens is 412 g/mol. The van der Waals surface area contributed by atoms with E-state index in [0.29, 0.717) is 13.0 Å². The lowest BCUT2D eigenvalue weighted by atomic mass is 10.2. The van der Waals surface area contributed by atoms with Gasteiger partial charge in [0, 0.05) is 22.1 Å². The van der Waals surface area contributed by atoms with Gasteiger partial charge in [0.25, 0.3) is 0 Å². The molecule has 0 fully saturated rings. The highest BCUT2D eigenvalue weighted by Crippen LogP contribution is 2.31. The number of carbonyl (C=O) groups excluding carboxylic acids is 1. The molecule has 2 aromatic carbocycles. The van der Waals surface area contributed by atoms with Crippen molar-refractivity contribution in [1.29, 1.82) is 0 Å².